The molecule has 3 N–H and O–H groups in total. The maximum atomic E-state index is 12.1. The highest BCUT2D eigenvalue weighted by molar-refractivity contribution is 7.92. The van der Waals surface area contributed by atoms with Gasteiger partial charge in [-0.25, -0.2) is 8.42 Å². The number of aliphatic hydroxyl groups excluding tert-OH is 1. The third kappa shape index (κ3) is 3.12. The highest BCUT2D eigenvalue weighted by Crippen LogP contribution is 2.21. The lowest BCUT2D eigenvalue weighted by molar-refractivity contribution is 0.173. The predicted octanol–water partition coefficient (Wildman–Crippen LogP) is 1.65. The molecular weight excluding hydrogens is 266 g/mol. The van der Waals surface area contributed by atoms with Crippen molar-refractivity contribution in [3.8, 4) is 0 Å². The van der Waals surface area contributed by atoms with E-state index in [9.17, 15) is 13.5 Å². The maximum Gasteiger partial charge on any atom is 0.262 e. The van der Waals surface area contributed by atoms with E-state index in [1.165, 1.54) is 24.5 Å². The molecule has 19 heavy (non-hydrogen) atoms. The maximum absolute atomic E-state index is 12.1. The Morgan fingerprint density at radius 3 is 2.89 bits per heavy atom. The third-order valence-electron chi connectivity index (χ3n) is 2.69. The molecule has 7 heteroatoms. The number of hydrogen-bond donors (Lipinski definition) is 3. The van der Waals surface area contributed by atoms with Gasteiger partial charge in [-0.15, -0.1) is 0 Å². The Kier molecular flexibility index (Phi) is 3.87. The Hall–Kier alpha value is -1.86. The van der Waals surface area contributed by atoms with Crippen LogP contribution in [0.4, 0.5) is 5.69 Å². The van der Waals surface area contributed by atoms with Gasteiger partial charge in [0, 0.05) is 6.20 Å². The van der Waals surface area contributed by atoms with Gasteiger partial charge < -0.3 is 5.11 Å². The fourth-order valence-electron chi connectivity index (χ4n) is 1.65. The monoisotopic (exact) mass is 281 g/mol. The standard InChI is InChI=1S/C12H15N3O3S/c1-2-12(16)9-4-3-5-11(6-9)19(17,18)15-10-7-13-14-8-10/h3-8,12,15-16H,2H2,1H3,(H,13,14). The summed E-state index contributed by atoms with van der Waals surface area (Å²) in [7, 11) is -3.67. The Labute approximate surface area is 111 Å². The lowest BCUT2D eigenvalue weighted by Crippen LogP contribution is -2.13. The number of anilines is 1. The highest BCUT2D eigenvalue weighted by Gasteiger charge is 2.16. The molecule has 0 aliphatic heterocycles. The van der Waals surface area contributed by atoms with Crippen LogP contribution in [0.1, 0.15) is 25.0 Å². The van der Waals surface area contributed by atoms with Crippen LogP contribution in [0.2, 0.25) is 0 Å². The van der Waals surface area contributed by atoms with Crippen molar-refractivity contribution in [1.82, 2.24) is 10.2 Å². The summed E-state index contributed by atoms with van der Waals surface area (Å²) in [6.45, 7) is 1.83. The van der Waals surface area contributed by atoms with Gasteiger partial charge in [0.25, 0.3) is 10.0 Å². The van der Waals surface area contributed by atoms with Crippen molar-refractivity contribution in [2.45, 2.75) is 24.3 Å². The molecule has 0 saturated heterocycles. The lowest BCUT2D eigenvalue weighted by atomic mass is 10.1. The van der Waals surface area contributed by atoms with E-state index in [-0.39, 0.29) is 4.90 Å². The summed E-state index contributed by atoms with van der Waals surface area (Å²) in [6, 6.07) is 6.26. The van der Waals surface area contributed by atoms with Crippen molar-refractivity contribution >= 4 is 15.7 Å². The van der Waals surface area contributed by atoms with Crippen LogP contribution in [0.25, 0.3) is 0 Å². The van der Waals surface area contributed by atoms with Crippen LogP contribution in [0.5, 0.6) is 0 Å². The Balaban J connectivity index is 2.30. The number of benzene rings is 1. The van der Waals surface area contributed by atoms with E-state index in [4.69, 9.17) is 0 Å². The van der Waals surface area contributed by atoms with Gasteiger partial charge in [0.05, 0.1) is 22.9 Å². The van der Waals surface area contributed by atoms with E-state index in [2.05, 4.69) is 14.9 Å². The molecule has 0 aliphatic rings. The SMILES string of the molecule is CCC(O)c1cccc(S(=O)(=O)Nc2cn[nH]c2)c1. The van der Waals surface area contributed by atoms with E-state index in [0.29, 0.717) is 17.7 Å². The molecular formula is C12H15N3O3S. The summed E-state index contributed by atoms with van der Waals surface area (Å²) >= 11 is 0. The second kappa shape index (κ2) is 5.41. The number of aliphatic hydroxyl groups is 1. The fourth-order valence-corrected chi connectivity index (χ4v) is 2.73. The molecule has 1 heterocycles. The molecule has 2 aromatic rings. The normalized spacial score (nSPS) is 13.2. The minimum atomic E-state index is -3.67. The highest BCUT2D eigenvalue weighted by atomic mass is 32.2. The average molecular weight is 281 g/mol. The Morgan fingerprint density at radius 2 is 2.26 bits per heavy atom. The number of H-pyrrole nitrogens is 1. The molecule has 0 bridgehead atoms. The number of rotatable bonds is 5. The zero-order valence-electron chi connectivity index (χ0n) is 10.4. The van der Waals surface area contributed by atoms with Gasteiger partial charge in [-0.1, -0.05) is 19.1 Å². The van der Waals surface area contributed by atoms with Crippen molar-refractivity contribution in [3.63, 3.8) is 0 Å². The predicted molar refractivity (Wildman–Crippen MR) is 71.1 cm³/mol. The van der Waals surface area contributed by atoms with Crippen molar-refractivity contribution in [2.24, 2.45) is 0 Å². The van der Waals surface area contributed by atoms with Gasteiger partial charge in [0.15, 0.2) is 0 Å². The van der Waals surface area contributed by atoms with Crippen molar-refractivity contribution in [3.05, 3.63) is 42.2 Å². The number of nitrogens with zero attached hydrogens (tertiary/aromatic N) is 1. The van der Waals surface area contributed by atoms with Crippen LogP contribution in [-0.4, -0.2) is 23.7 Å². The third-order valence-corrected chi connectivity index (χ3v) is 4.07. The summed E-state index contributed by atoms with van der Waals surface area (Å²) in [5.74, 6) is 0. The zero-order valence-corrected chi connectivity index (χ0v) is 11.2. The van der Waals surface area contributed by atoms with Crippen molar-refractivity contribution in [2.75, 3.05) is 4.72 Å². The summed E-state index contributed by atoms with van der Waals surface area (Å²) in [5.41, 5.74) is 0.944. The second-order valence-electron chi connectivity index (χ2n) is 4.09. The van der Waals surface area contributed by atoms with Crippen molar-refractivity contribution in [1.29, 1.82) is 0 Å². The lowest BCUT2D eigenvalue weighted by Gasteiger charge is -2.11. The van der Waals surface area contributed by atoms with Crippen LogP contribution in [0.3, 0.4) is 0 Å². The van der Waals surface area contributed by atoms with Crippen LogP contribution in [0, 0.1) is 0 Å². The number of sulfonamides is 1. The molecule has 102 valence electrons. The number of aromatic nitrogens is 2. The van der Waals surface area contributed by atoms with E-state index < -0.39 is 16.1 Å². The largest absolute Gasteiger partial charge is 0.388 e. The molecule has 0 saturated carbocycles. The molecule has 0 fully saturated rings. The molecule has 0 spiro atoms. The second-order valence-corrected chi connectivity index (χ2v) is 5.77. The quantitative estimate of drug-likeness (QED) is 0.776. The van der Waals surface area contributed by atoms with E-state index in [1.807, 2.05) is 6.92 Å². The first-order valence-electron chi connectivity index (χ1n) is 5.82. The summed E-state index contributed by atoms with van der Waals surface area (Å²) in [4.78, 5) is 0.110. The van der Waals surface area contributed by atoms with Gasteiger partial charge in [0.1, 0.15) is 0 Å². The van der Waals surface area contributed by atoms with E-state index in [1.54, 1.807) is 12.1 Å². The first-order valence-corrected chi connectivity index (χ1v) is 7.31. The topological polar surface area (TPSA) is 95.1 Å². The van der Waals surface area contributed by atoms with Gasteiger partial charge in [0.2, 0.25) is 0 Å². The zero-order chi connectivity index (χ0) is 13.9. The molecule has 6 nitrogen and oxygen atoms in total. The van der Waals surface area contributed by atoms with Crippen molar-refractivity contribution < 1.29 is 13.5 Å². The van der Waals surface area contributed by atoms with Gasteiger partial charge in [-0.3, -0.25) is 9.82 Å². The fraction of sp³-hybridized carbons (Fsp3) is 0.250. The Morgan fingerprint density at radius 1 is 1.47 bits per heavy atom. The first kappa shape index (κ1) is 13.6. The average Bonchev–Trinajstić information content (AvgIpc) is 2.90. The van der Waals surface area contributed by atoms with Crippen LogP contribution < -0.4 is 4.72 Å². The summed E-state index contributed by atoms with van der Waals surface area (Å²) in [5, 5.41) is 15.9. The number of aromatic amines is 1. The molecule has 1 aromatic carbocycles. The minimum absolute atomic E-state index is 0.110. The van der Waals surface area contributed by atoms with Gasteiger partial charge >= 0.3 is 0 Å². The number of nitrogens with one attached hydrogen (secondary N) is 2. The van der Waals surface area contributed by atoms with Crippen LogP contribution in [-0.2, 0) is 10.0 Å². The smallest absolute Gasteiger partial charge is 0.262 e. The minimum Gasteiger partial charge on any atom is -0.388 e. The van der Waals surface area contributed by atoms with Gasteiger partial charge in [-0.2, -0.15) is 5.10 Å². The first-order chi connectivity index (χ1) is 9.03. The van der Waals surface area contributed by atoms with E-state index in [0.717, 1.165) is 0 Å². The molecule has 0 radical (unpaired) electrons. The van der Waals surface area contributed by atoms with Gasteiger partial charge in [-0.05, 0) is 24.1 Å². The van der Waals surface area contributed by atoms with Crippen LogP contribution in [0.15, 0.2) is 41.6 Å². The number of hydrogen-bond acceptors (Lipinski definition) is 4. The molecule has 1 unspecified atom stereocenters. The molecule has 1 atom stereocenters. The summed E-state index contributed by atoms with van der Waals surface area (Å²) < 4.78 is 26.7. The molecule has 1 aromatic heterocycles. The molecule has 0 aliphatic carbocycles. The molecule has 0 amide bonds. The Bertz CT molecular complexity index is 638. The summed E-state index contributed by atoms with van der Waals surface area (Å²) in [6.07, 6.45) is 2.69. The molecule has 2 rings (SSSR count). The van der Waals surface area contributed by atoms with Crippen LogP contribution >= 0.6 is 0 Å². The van der Waals surface area contributed by atoms with E-state index >= 15 is 0 Å².